The van der Waals surface area contributed by atoms with Gasteiger partial charge in [0.15, 0.2) is 0 Å². The average Bonchev–Trinajstić information content (AvgIpc) is 2.41. The number of benzene rings is 1. The summed E-state index contributed by atoms with van der Waals surface area (Å²) in [5.74, 6) is 0. The van der Waals surface area contributed by atoms with E-state index in [1.165, 1.54) is 37.6 Å². The molecule has 0 aliphatic rings. The number of hydrogen-bond donors (Lipinski definition) is 1. The molecule has 0 aromatic heterocycles. The lowest BCUT2D eigenvalue weighted by Gasteiger charge is -2.24. The number of rotatable bonds is 8. The minimum atomic E-state index is 0.923. The minimum Gasteiger partial charge on any atom is -0.411 e. The third-order valence-corrected chi connectivity index (χ3v) is 3.03. The van der Waals surface area contributed by atoms with Crippen molar-refractivity contribution >= 4 is 11.9 Å². The maximum absolute atomic E-state index is 8.49. The molecule has 1 aromatic rings. The van der Waals surface area contributed by atoms with Crippen LogP contribution in [-0.2, 0) is 0 Å². The number of anilines is 1. The molecular formula is C15H24N2O. The van der Waals surface area contributed by atoms with E-state index < -0.39 is 0 Å². The summed E-state index contributed by atoms with van der Waals surface area (Å²) in [6, 6.07) is 8.17. The van der Waals surface area contributed by atoms with Crippen LogP contribution in [-0.4, -0.2) is 24.5 Å². The largest absolute Gasteiger partial charge is 0.411 e. The van der Waals surface area contributed by atoms with Gasteiger partial charge in [-0.25, -0.2) is 0 Å². The van der Waals surface area contributed by atoms with Crippen LogP contribution in [0.15, 0.2) is 29.4 Å². The Morgan fingerprint density at radius 2 is 1.61 bits per heavy atom. The monoisotopic (exact) mass is 248 g/mol. The fourth-order valence-electron chi connectivity index (χ4n) is 1.91. The Kier molecular flexibility index (Phi) is 6.92. The first-order valence-electron chi connectivity index (χ1n) is 6.84. The first-order chi connectivity index (χ1) is 8.81. The zero-order chi connectivity index (χ0) is 13.2. The molecule has 0 aliphatic heterocycles. The van der Waals surface area contributed by atoms with Crippen molar-refractivity contribution in [3.8, 4) is 0 Å². The molecule has 0 saturated carbocycles. The van der Waals surface area contributed by atoms with Gasteiger partial charge in [-0.15, -0.1) is 0 Å². The number of unbranched alkanes of at least 4 members (excludes halogenated alkanes) is 2. The van der Waals surface area contributed by atoms with E-state index in [1.807, 2.05) is 12.1 Å². The fraction of sp³-hybridized carbons (Fsp3) is 0.533. The van der Waals surface area contributed by atoms with E-state index >= 15 is 0 Å². The van der Waals surface area contributed by atoms with Crippen molar-refractivity contribution in [1.82, 2.24) is 0 Å². The second kappa shape index (κ2) is 8.56. The Morgan fingerprint density at radius 3 is 2.06 bits per heavy atom. The lowest BCUT2D eigenvalue weighted by atomic mass is 10.2. The van der Waals surface area contributed by atoms with E-state index in [9.17, 15) is 0 Å². The van der Waals surface area contributed by atoms with E-state index in [2.05, 4.69) is 36.0 Å². The van der Waals surface area contributed by atoms with Crippen molar-refractivity contribution in [2.45, 2.75) is 39.5 Å². The van der Waals surface area contributed by atoms with Gasteiger partial charge in [0.1, 0.15) is 0 Å². The molecule has 0 amide bonds. The van der Waals surface area contributed by atoms with E-state index in [-0.39, 0.29) is 0 Å². The summed E-state index contributed by atoms with van der Waals surface area (Å²) < 4.78 is 0. The summed E-state index contributed by atoms with van der Waals surface area (Å²) in [4.78, 5) is 2.44. The molecule has 0 bridgehead atoms. The molecule has 0 spiro atoms. The van der Waals surface area contributed by atoms with Crippen LogP contribution in [0.4, 0.5) is 5.69 Å². The first kappa shape index (κ1) is 14.6. The number of nitrogens with zero attached hydrogens (tertiary/aromatic N) is 2. The first-order valence-corrected chi connectivity index (χ1v) is 6.84. The van der Waals surface area contributed by atoms with E-state index in [1.54, 1.807) is 0 Å². The maximum atomic E-state index is 8.49. The van der Waals surface area contributed by atoms with E-state index in [0.717, 1.165) is 18.7 Å². The molecular weight excluding hydrogens is 224 g/mol. The van der Waals surface area contributed by atoms with Crippen LogP contribution in [0.2, 0.25) is 0 Å². The average molecular weight is 248 g/mol. The molecule has 1 rings (SSSR count). The Bertz CT molecular complexity index is 338. The van der Waals surface area contributed by atoms with Gasteiger partial charge in [0.2, 0.25) is 0 Å². The van der Waals surface area contributed by atoms with Crippen LogP contribution in [0.5, 0.6) is 0 Å². The third-order valence-electron chi connectivity index (χ3n) is 3.03. The van der Waals surface area contributed by atoms with Gasteiger partial charge < -0.3 is 10.1 Å². The zero-order valence-electron chi connectivity index (χ0n) is 11.5. The van der Waals surface area contributed by atoms with Crippen LogP contribution in [0.25, 0.3) is 0 Å². The molecule has 1 aromatic carbocycles. The van der Waals surface area contributed by atoms with Crippen LogP contribution in [0, 0.1) is 0 Å². The molecule has 100 valence electrons. The minimum absolute atomic E-state index is 0.923. The molecule has 0 aliphatic carbocycles. The normalized spacial score (nSPS) is 11.0. The summed E-state index contributed by atoms with van der Waals surface area (Å²) in [6.45, 7) is 6.67. The van der Waals surface area contributed by atoms with Crippen LogP contribution < -0.4 is 4.90 Å². The van der Waals surface area contributed by atoms with Gasteiger partial charge in [-0.05, 0) is 30.5 Å². The topological polar surface area (TPSA) is 35.8 Å². The Balaban J connectivity index is 2.70. The van der Waals surface area contributed by atoms with Crippen molar-refractivity contribution in [3.05, 3.63) is 29.8 Å². The molecule has 3 heteroatoms. The van der Waals surface area contributed by atoms with Gasteiger partial charge in [-0.3, -0.25) is 0 Å². The third kappa shape index (κ3) is 4.78. The van der Waals surface area contributed by atoms with Crippen molar-refractivity contribution in [2.24, 2.45) is 5.16 Å². The van der Waals surface area contributed by atoms with E-state index in [4.69, 9.17) is 5.21 Å². The second-order valence-corrected chi connectivity index (χ2v) is 4.53. The number of oxime groups is 1. The zero-order valence-corrected chi connectivity index (χ0v) is 11.5. The Hall–Kier alpha value is -1.51. The highest BCUT2D eigenvalue weighted by Gasteiger charge is 2.05. The van der Waals surface area contributed by atoms with Crippen LogP contribution in [0.3, 0.4) is 0 Å². The summed E-state index contributed by atoms with van der Waals surface area (Å²) in [5.41, 5.74) is 2.18. The highest BCUT2D eigenvalue weighted by Crippen LogP contribution is 2.16. The predicted octanol–water partition coefficient (Wildman–Crippen LogP) is 3.90. The summed E-state index contributed by atoms with van der Waals surface area (Å²) >= 11 is 0. The predicted molar refractivity (Wildman–Crippen MR) is 77.9 cm³/mol. The lowest BCUT2D eigenvalue weighted by molar-refractivity contribution is 0.322. The van der Waals surface area contributed by atoms with Crippen molar-refractivity contribution in [1.29, 1.82) is 0 Å². The maximum Gasteiger partial charge on any atom is 0.0733 e. The molecule has 0 atom stereocenters. The van der Waals surface area contributed by atoms with Crippen molar-refractivity contribution < 1.29 is 5.21 Å². The summed E-state index contributed by atoms with van der Waals surface area (Å²) in [5, 5.41) is 11.5. The van der Waals surface area contributed by atoms with Crippen LogP contribution in [0.1, 0.15) is 45.1 Å². The lowest BCUT2D eigenvalue weighted by Crippen LogP contribution is -2.25. The molecule has 0 fully saturated rings. The molecule has 3 nitrogen and oxygen atoms in total. The standard InChI is InChI=1S/C15H24N2O/c1-3-5-11-17(12-6-4-2)15-9-7-14(8-10-15)13-16-18/h7-10,13,18H,3-6,11-12H2,1-2H3/b16-13+. The van der Waals surface area contributed by atoms with E-state index in [0.29, 0.717) is 0 Å². The highest BCUT2D eigenvalue weighted by atomic mass is 16.4. The molecule has 0 saturated heterocycles. The van der Waals surface area contributed by atoms with Gasteiger partial charge in [0.25, 0.3) is 0 Å². The van der Waals surface area contributed by atoms with Gasteiger partial charge in [-0.1, -0.05) is 44.0 Å². The SMILES string of the molecule is CCCCN(CCCC)c1ccc(/C=N/O)cc1. The van der Waals surface area contributed by atoms with Gasteiger partial charge in [0.05, 0.1) is 6.21 Å². The summed E-state index contributed by atoms with van der Waals surface area (Å²) in [6.07, 6.45) is 6.34. The highest BCUT2D eigenvalue weighted by molar-refractivity contribution is 5.79. The van der Waals surface area contributed by atoms with Crippen LogP contribution >= 0.6 is 0 Å². The molecule has 0 heterocycles. The van der Waals surface area contributed by atoms with Crippen molar-refractivity contribution in [3.63, 3.8) is 0 Å². The molecule has 0 radical (unpaired) electrons. The van der Waals surface area contributed by atoms with Gasteiger partial charge >= 0.3 is 0 Å². The molecule has 1 N–H and O–H groups in total. The second-order valence-electron chi connectivity index (χ2n) is 4.53. The van der Waals surface area contributed by atoms with Crippen molar-refractivity contribution in [2.75, 3.05) is 18.0 Å². The van der Waals surface area contributed by atoms with Gasteiger partial charge in [-0.2, -0.15) is 0 Å². The molecule has 18 heavy (non-hydrogen) atoms. The molecule has 0 unspecified atom stereocenters. The number of hydrogen-bond acceptors (Lipinski definition) is 3. The smallest absolute Gasteiger partial charge is 0.0733 e. The quantitative estimate of drug-likeness (QED) is 0.430. The van der Waals surface area contributed by atoms with Gasteiger partial charge in [0, 0.05) is 18.8 Å². The summed E-state index contributed by atoms with van der Waals surface area (Å²) in [7, 11) is 0. The fourth-order valence-corrected chi connectivity index (χ4v) is 1.91. The Labute approximate surface area is 110 Å². The Morgan fingerprint density at radius 1 is 1.06 bits per heavy atom.